The van der Waals surface area contributed by atoms with Gasteiger partial charge in [-0.05, 0) is 18.4 Å². The van der Waals surface area contributed by atoms with E-state index in [4.69, 9.17) is 0 Å². The van der Waals surface area contributed by atoms with Gasteiger partial charge in [0.25, 0.3) is 0 Å². The smallest absolute Gasteiger partial charge is 0.193 e. The van der Waals surface area contributed by atoms with Crippen LogP contribution in [0.25, 0.3) is 4.96 Å². The number of hydrogen-bond acceptors (Lipinski definition) is 3. The summed E-state index contributed by atoms with van der Waals surface area (Å²) in [6, 6.07) is 10.9. The molecule has 0 spiro atoms. The highest BCUT2D eigenvalue weighted by molar-refractivity contribution is 7.15. The molecule has 136 valence electrons. The molecule has 0 amide bonds. The van der Waals surface area contributed by atoms with Gasteiger partial charge in [0.1, 0.15) is 0 Å². The molecule has 1 saturated carbocycles. The number of fused-ring (bicyclic) bond motifs is 1. The topological polar surface area (TPSA) is 53.7 Å². The Morgan fingerprint density at radius 2 is 2.04 bits per heavy atom. The van der Waals surface area contributed by atoms with Crippen LogP contribution in [0, 0.1) is 0 Å². The minimum Gasteiger partial charge on any atom is -0.356 e. The van der Waals surface area contributed by atoms with Crippen molar-refractivity contribution < 1.29 is 0 Å². The Labute approximate surface area is 158 Å². The van der Waals surface area contributed by atoms with E-state index in [-0.39, 0.29) is 5.41 Å². The summed E-state index contributed by atoms with van der Waals surface area (Å²) in [6.45, 7) is 1.58. The van der Waals surface area contributed by atoms with E-state index in [1.165, 1.54) is 31.2 Å². The molecule has 1 aromatic carbocycles. The fourth-order valence-corrected chi connectivity index (χ4v) is 4.64. The van der Waals surface area contributed by atoms with E-state index >= 15 is 0 Å². The summed E-state index contributed by atoms with van der Waals surface area (Å²) in [7, 11) is 1.82. The lowest BCUT2D eigenvalue weighted by molar-refractivity contribution is 0.431. The van der Waals surface area contributed by atoms with Crippen molar-refractivity contribution in [3.05, 3.63) is 59.4 Å². The number of nitrogens with zero attached hydrogens (tertiary/aromatic N) is 3. The molecule has 6 heteroatoms. The summed E-state index contributed by atoms with van der Waals surface area (Å²) in [5.41, 5.74) is 2.68. The van der Waals surface area contributed by atoms with Crippen LogP contribution in [-0.4, -0.2) is 28.9 Å². The van der Waals surface area contributed by atoms with Gasteiger partial charge in [0.15, 0.2) is 10.9 Å². The molecule has 2 N–H and O–H groups in total. The lowest BCUT2D eigenvalue weighted by Crippen LogP contribution is -2.44. The Morgan fingerprint density at radius 3 is 2.77 bits per heavy atom. The van der Waals surface area contributed by atoms with E-state index in [1.54, 1.807) is 11.3 Å². The van der Waals surface area contributed by atoms with Crippen molar-refractivity contribution in [3.63, 3.8) is 0 Å². The first-order valence-corrected chi connectivity index (χ1v) is 10.1. The minimum absolute atomic E-state index is 0.218. The largest absolute Gasteiger partial charge is 0.356 e. The van der Waals surface area contributed by atoms with Crippen LogP contribution in [0.5, 0.6) is 0 Å². The first-order valence-electron chi connectivity index (χ1n) is 9.20. The third kappa shape index (κ3) is 3.46. The number of benzene rings is 1. The number of rotatable bonds is 5. The molecule has 3 aromatic rings. The minimum atomic E-state index is 0.218. The van der Waals surface area contributed by atoms with Crippen LogP contribution in [0.2, 0.25) is 0 Å². The van der Waals surface area contributed by atoms with Crippen molar-refractivity contribution in [2.24, 2.45) is 4.99 Å². The number of aliphatic imine (C=N–C) groups is 1. The maximum atomic E-state index is 4.61. The summed E-state index contributed by atoms with van der Waals surface area (Å²) >= 11 is 1.65. The van der Waals surface area contributed by atoms with Crippen molar-refractivity contribution in [2.45, 2.75) is 37.6 Å². The van der Waals surface area contributed by atoms with Crippen LogP contribution in [-0.2, 0) is 12.0 Å². The third-order valence-electron chi connectivity index (χ3n) is 5.34. The molecule has 0 saturated heterocycles. The second-order valence-corrected chi connectivity index (χ2v) is 7.83. The molecule has 1 aliphatic rings. The molecule has 0 atom stereocenters. The van der Waals surface area contributed by atoms with E-state index in [2.05, 4.69) is 61.5 Å². The Balaban J connectivity index is 1.39. The van der Waals surface area contributed by atoms with Gasteiger partial charge in [0.05, 0.1) is 12.2 Å². The normalized spacial score (nSPS) is 16.9. The highest BCUT2D eigenvalue weighted by Gasteiger charge is 2.35. The highest BCUT2D eigenvalue weighted by atomic mass is 32.1. The molecular formula is C20H25N5S. The number of nitrogens with one attached hydrogen (secondary N) is 2. The van der Waals surface area contributed by atoms with Gasteiger partial charge in [-0.1, -0.05) is 43.2 Å². The molecule has 0 aliphatic heterocycles. The standard InChI is InChI=1S/C20H25N5S/c1-21-18(22-13-17-14-25-11-12-26-19(25)24-17)23-15-20(9-5-6-10-20)16-7-3-2-4-8-16/h2-4,7-8,11-12,14H,5-6,9-10,13,15H2,1H3,(H2,21,22,23). The van der Waals surface area contributed by atoms with Crippen LogP contribution in [0.15, 0.2) is 53.1 Å². The summed E-state index contributed by atoms with van der Waals surface area (Å²) < 4.78 is 2.06. The van der Waals surface area contributed by atoms with Crippen LogP contribution in [0.4, 0.5) is 0 Å². The molecule has 2 aromatic heterocycles. The van der Waals surface area contributed by atoms with E-state index < -0.39 is 0 Å². The Hall–Kier alpha value is -2.34. The average molecular weight is 368 g/mol. The van der Waals surface area contributed by atoms with Gasteiger partial charge >= 0.3 is 0 Å². The average Bonchev–Trinajstić information content (AvgIpc) is 3.39. The summed E-state index contributed by atoms with van der Waals surface area (Å²) in [4.78, 5) is 10.0. The summed E-state index contributed by atoms with van der Waals surface area (Å²) in [5, 5.41) is 9.00. The first kappa shape index (κ1) is 17.1. The fourth-order valence-electron chi connectivity index (χ4n) is 3.92. The SMILES string of the molecule is CN=C(NCc1cn2ccsc2n1)NCC1(c2ccccc2)CCCC1. The van der Waals surface area contributed by atoms with Gasteiger partial charge in [-0.25, -0.2) is 4.98 Å². The lowest BCUT2D eigenvalue weighted by atomic mass is 9.79. The van der Waals surface area contributed by atoms with Crippen molar-refractivity contribution in [2.75, 3.05) is 13.6 Å². The van der Waals surface area contributed by atoms with Gasteiger partial charge in [0, 0.05) is 36.8 Å². The summed E-state index contributed by atoms with van der Waals surface area (Å²) in [5.74, 6) is 0.837. The molecule has 1 aliphatic carbocycles. The number of imidazole rings is 1. The first-order chi connectivity index (χ1) is 12.8. The second kappa shape index (κ2) is 7.50. The number of hydrogen-bond donors (Lipinski definition) is 2. The van der Waals surface area contributed by atoms with Crippen LogP contribution < -0.4 is 10.6 Å². The molecule has 0 radical (unpaired) electrons. The van der Waals surface area contributed by atoms with Crippen molar-refractivity contribution >= 4 is 22.3 Å². The Kier molecular flexibility index (Phi) is 4.93. The zero-order valence-electron chi connectivity index (χ0n) is 15.1. The zero-order valence-corrected chi connectivity index (χ0v) is 15.9. The van der Waals surface area contributed by atoms with Gasteiger partial charge in [0.2, 0.25) is 0 Å². The fraction of sp³-hybridized carbons (Fsp3) is 0.400. The number of aromatic nitrogens is 2. The van der Waals surface area contributed by atoms with Crippen molar-refractivity contribution in [1.82, 2.24) is 20.0 Å². The van der Waals surface area contributed by atoms with E-state index in [0.29, 0.717) is 6.54 Å². The lowest BCUT2D eigenvalue weighted by Gasteiger charge is -2.30. The molecular weight excluding hydrogens is 342 g/mol. The van der Waals surface area contributed by atoms with Crippen LogP contribution in [0.1, 0.15) is 36.9 Å². The maximum Gasteiger partial charge on any atom is 0.193 e. The zero-order chi connectivity index (χ0) is 17.8. The molecule has 4 rings (SSSR count). The van der Waals surface area contributed by atoms with Gasteiger partial charge in [-0.15, -0.1) is 11.3 Å². The van der Waals surface area contributed by atoms with E-state index in [9.17, 15) is 0 Å². The van der Waals surface area contributed by atoms with Gasteiger partial charge in [-0.2, -0.15) is 0 Å². The summed E-state index contributed by atoms with van der Waals surface area (Å²) in [6.07, 6.45) is 9.17. The molecule has 1 fully saturated rings. The molecule has 2 heterocycles. The predicted octanol–water partition coefficient (Wildman–Crippen LogP) is 3.57. The number of guanidine groups is 1. The Bertz CT molecular complexity index is 845. The molecule has 26 heavy (non-hydrogen) atoms. The molecule has 5 nitrogen and oxygen atoms in total. The van der Waals surface area contributed by atoms with Crippen molar-refractivity contribution in [3.8, 4) is 0 Å². The molecule has 0 bridgehead atoms. The maximum absolute atomic E-state index is 4.61. The highest BCUT2D eigenvalue weighted by Crippen LogP contribution is 2.40. The predicted molar refractivity (Wildman–Crippen MR) is 108 cm³/mol. The monoisotopic (exact) mass is 367 g/mol. The van der Waals surface area contributed by atoms with E-state index in [1.807, 2.05) is 18.6 Å². The van der Waals surface area contributed by atoms with Crippen LogP contribution in [0.3, 0.4) is 0 Å². The quantitative estimate of drug-likeness (QED) is 0.535. The Morgan fingerprint density at radius 1 is 1.23 bits per heavy atom. The van der Waals surface area contributed by atoms with Crippen LogP contribution >= 0.6 is 11.3 Å². The molecule has 0 unspecified atom stereocenters. The van der Waals surface area contributed by atoms with E-state index in [0.717, 1.165) is 23.2 Å². The second-order valence-electron chi connectivity index (χ2n) is 6.96. The number of thiazole rings is 1. The van der Waals surface area contributed by atoms with Crippen molar-refractivity contribution in [1.29, 1.82) is 0 Å². The van der Waals surface area contributed by atoms with Gasteiger partial charge < -0.3 is 10.6 Å². The third-order valence-corrected chi connectivity index (χ3v) is 6.12. The van der Waals surface area contributed by atoms with Gasteiger partial charge in [-0.3, -0.25) is 9.39 Å².